The highest BCUT2D eigenvalue weighted by atomic mass is 35.5. The second-order valence-corrected chi connectivity index (χ2v) is 5.26. The molecule has 0 spiro atoms. The maximum atomic E-state index is 13.6. The van der Waals surface area contributed by atoms with Crippen molar-refractivity contribution in [3.8, 4) is 0 Å². The van der Waals surface area contributed by atoms with Gasteiger partial charge in [0.05, 0.1) is 16.0 Å². The van der Waals surface area contributed by atoms with Crippen LogP contribution in [0, 0.1) is 11.6 Å². The van der Waals surface area contributed by atoms with Crippen molar-refractivity contribution < 1.29 is 13.6 Å². The molecule has 0 aliphatic carbocycles. The second-order valence-electron chi connectivity index (χ2n) is 4.24. The lowest BCUT2D eigenvalue weighted by atomic mass is 10.1. The van der Waals surface area contributed by atoms with Gasteiger partial charge in [0.25, 0.3) is 5.91 Å². The zero-order valence-electron chi connectivity index (χ0n) is 9.43. The number of hydrogen-bond donors (Lipinski definition) is 0. The fraction of sp³-hybridized carbons (Fsp3) is 0.417. The molecule has 1 aliphatic heterocycles. The Balaban J connectivity index is 2.25. The Bertz CT molecular complexity index is 481. The first-order chi connectivity index (χ1) is 8.49. The molecule has 1 unspecified atom stereocenters. The van der Waals surface area contributed by atoms with Crippen LogP contribution in [0.4, 0.5) is 8.78 Å². The summed E-state index contributed by atoms with van der Waals surface area (Å²) >= 11 is 11.4. The maximum Gasteiger partial charge on any atom is 0.256 e. The molecule has 6 heteroatoms. The molecule has 1 heterocycles. The summed E-state index contributed by atoms with van der Waals surface area (Å²) in [7, 11) is 0. The largest absolute Gasteiger partial charge is 0.337 e. The lowest BCUT2D eigenvalue weighted by Gasteiger charge is -2.30. The van der Waals surface area contributed by atoms with Crippen LogP contribution in [0.5, 0.6) is 0 Å². The van der Waals surface area contributed by atoms with Crippen molar-refractivity contribution in [2.75, 3.05) is 13.1 Å². The average Bonchev–Trinajstić information content (AvgIpc) is 2.33. The lowest BCUT2D eigenvalue weighted by Crippen LogP contribution is -2.40. The van der Waals surface area contributed by atoms with Gasteiger partial charge in [0.2, 0.25) is 0 Å². The van der Waals surface area contributed by atoms with Crippen molar-refractivity contribution in [2.45, 2.75) is 18.2 Å². The van der Waals surface area contributed by atoms with Crippen LogP contribution in [0.15, 0.2) is 12.1 Å². The summed E-state index contributed by atoms with van der Waals surface area (Å²) in [5.74, 6) is -2.17. The molecule has 0 saturated carbocycles. The van der Waals surface area contributed by atoms with Gasteiger partial charge < -0.3 is 4.90 Å². The standard InChI is InChI=1S/C12H11Cl2F2NO/c13-7-2-1-3-17(6-7)12(18)8-4-11(16)9(14)5-10(8)15/h4-5,7H,1-3,6H2. The molecule has 18 heavy (non-hydrogen) atoms. The van der Waals surface area contributed by atoms with Crippen molar-refractivity contribution in [1.29, 1.82) is 0 Å². The molecule has 98 valence electrons. The number of benzene rings is 1. The molecule has 1 atom stereocenters. The van der Waals surface area contributed by atoms with Crippen LogP contribution >= 0.6 is 23.2 Å². The predicted octanol–water partition coefficient (Wildman–Crippen LogP) is 3.46. The Morgan fingerprint density at radius 2 is 2.06 bits per heavy atom. The summed E-state index contributed by atoms with van der Waals surface area (Å²) < 4.78 is 26.9. The Morgan fingerprint density at radius 1 is 1.33 bits per heavy atom. The van der Waals surface area contributed by atoms with Gasteiger partial charge in [0.15, 0.2) is 0 Å². The van der Waals surface area contributed by atoms with Gasteiger partial charge in [0.1, 0.15) is 11.6 Å². The first-order valence-electron chi connectivity index (χ1n) is 5.57. The van der Waals surface area contributed by atoms with E-state index >= 15 is 0 Å². The summed E-state index contributed by atoms with van der Waals surface area (Å²) in [4.78, 5) is 13.5. The van der Waals surface area contributed by atoms with Crippen molar-refractivity contribution in [3.63, 3.8) is 0 Å². The van der Waals surface area contributed by atoms with Crippen LogP contribution in [-0.2, 0) is 0 Å². The van der Waals surface area contributed by atoms with Crippen LogP contribution < -0.4 is 0 Å². The quantitative estimate of drug-likeness (QED) is 0.574. The highest BCUT2D eigenvalue weighted by molar-refractivity contribution is 6.30. The molecule has 0 aromatic heterocycles. The fourth-order valence-electron chi connectivity index (χ4n) is 1.97. The van der Waals surface area contributed by atoms with Crippen LogP contribution in [-0.4, -0.2) is 29.3 Å². The highest BCUT2D eigenvalue weighted by Gasteiger charge is 2.25. The minimum atomic E-state index is -0.817. The van der Waals surface area contributed by atoms with E-state index in [9.17, 15) is 13.6 Å². The van der Waals surface area contributed by atoms with E-state index in [1.807, 2.05) is 0 Å². The molecule has 1 aliphatic rings. The molecule has 0 bridgehead atoms. The molecule has 1 amide bonds. The summed E-state index contributed by atoms with van der Waals surface area (Å²) in [5, 5.41) is -0.471. The summed E-state index contributed by atoms with van der Waals surface area (Å²) in [6, 6.07) is 1.64. The van der Waals surface area contributed by atoms with Crippen LogP contribution in [0.2, 0.25) is 5.02 Å². The van der Waals surface area contributed by atoms with Crippen LogP contribution in [0.1, 0.15) is 23.2 Å². The number of amides is 1. The van der Waals surface area contributed by atoms with Crippen molar-refractivity contribution in [1.82, 2.24) is 4.90 Å². The molecule has 1 fully saturated rings. The third kappa shape index (κ3) is 2.75. The van der Waals surface area contributed by atoms with E-state index in [1.54, 1.807) is 0 Å². The Kier molecular flexibility index (Phi) is 4.07. The zero-order valence-corrected chi connectivity index (χ0v) is 10.9. The van der Waals surface area contributed by atoms with Gasteiger partial charge >= 0.3 is 0 Å². The number of carbonyl (C=O) groups excluding carboxylic acids is 1. The molecular weight excluding hydrogens is 283 g/mol. The third-order valence-electron chi connectivity index (χ3n) is 2.89. The van der Waals surface area contributed by atoms with E-state index in [1.165, 1.54) is 4.90 Å². The fourth-order valence-corrected chi connectivity index (χ4v) is 2.44. The van der Waals surface area contributed by atoms with Gasteiger partial charge in [-0.15, -0.1) is 11.6 Å². The van der Waals surface area contributed by atoms with Gasteiger partial charge in [0, 0.05) is 13.1 Å². The van der Waals surface area contributed by atoms with Crippen molar-refractivity contribution >= 4 is 29.1 Å². The first kappa shape index (κ1) is 13.6. The van der Waals surface area contributed by atoms with Gasteiger partial charge in [-0.25, -0.2) is 8.78 Å². The third-order valence-corrected chi connectivity index (χ3v) is 3.54. The zero-order chi connectivity index (χ0) is 13.3. The smallest absolute Gasteiger partial charge is 0.256 e. The number of piperidine rings is 1. The molecule has 0 radical (unpaired) electrons. The number of carbonyl (C=O) groups is 1. The van der Waals surface area contributed by atoms with Crippen molar-refractivity contribution in [3.05, 3.63) is 34.4 Å². The average molecular weight is 294 g/mol. The number of rotatable bonds is 1. The van der Waals surface area contributed by atoms with E-state index in [0.29, 0.717) is 13.1 Å². The first-order valence-corrected chi connectivity index (χ1v) is 6.38. The Morgan fingerprint density at radius 3 is 2.72 bits per heavy atom. The minimum Gasteiger partial charge on any atom is -0.337 e. The van der Waals surface area contributed by atoms with E-state index in [0.717, 1.165) is 25.0 Å². The molecule has 1 aromatic carbocycles. The lowest BCUT2D eigenvalue weighted by molar-refractivity contribution is 0.0721. The monoisotopic (exact) mass is 293 g/mol. The van der Waals surface area contributed by atoms with Crippen molar-refractivity contribution in [2.24, 2.45) is 0 Å². The maximum absolute atomic E-state index is 13.6. The topological polar surface area (TPSA) is 20.3 Å². The molecular formula is C12H11Cl2F2NO. The molecule has 2 nitrogen and oxygen atoms in total. The van der Waals surface area contributed by atoms with Gasteiger partial charge in [-0.1, -0.05) is 11.6 Å². The number of alkyl halides is 1. The molecule has 0 N–H and O–H groups in total. The number of likely N-dealkylation sites (tertiary alicyclic amines) is 1. The molecule has 1 saturated heterocycles. The number of hydrogen-bond acceptors (Lipinski definition) is 1. The van der Waals surface area contributed by atoms with E-state index in [2.05, 4.69) is 0 Å². The van der Waals surface area contributed by atoms with E-state index in [4.69, 9.17) is 23.2 Å². The number of nitrogens with zero attached hydrogens (tertiary/aromatic N) is 1. The van der Waals surface area contributed by atoms with Crippen LogP contribution in [0.25, 0.3) is 0 Å². The summed E-state index contributed by atoms with van der Waals surface area (Å²) in [6.45, 7) is 0.857. The van der Waals surface area contributed by atoms with Crippen LogP contribution in [0.3, 0.4) is 0 Å². The Hall–Kier alpha value is -0.870. The summed E-state index contributed by atoms with van der Waals surface area (Å²) in [5.41, 5.74) is -0.303. The van der Waals surface area contributed by atoms with Gasteiger partial charge in [-0.05, 0) is 25.0 Å². The predicted molar refractivity (Wildman–Crippen MR) is 66.1 cm³/mol. The molecule has 1 aromatic rings. The SMILES string of the molecule is O=C(c1cc(F)c(Cl)cc1F)N1CCCC(Cl)C1. The second kappa shape index (κ2) is 5.41. The van der Waals surface area contributed by atoms with Gasteiger partial charge in [-0.2, -0.15) is 0 Å². The summed E-state index contributed by atoms with van der Waals surface area (Å²) in [6.07, 6.45) is 1.58. The highest BCUT2D eigenvalue weighted by Crippen LogP contribution is 2.22. The Labute approximate surface area is 113 Å². The number of halogens is 4. The normalized spacial score (nSPS) is 20.0. The van der Waals surface area contributed by atoms with E-state index in [-0.39, 0.29) is 16.0 Å². The van der Waals surface area contributed by atoms with E-state index < -0.39 is 17.5 Å². The minimum absolute atomic E-state index is 0.136. The molecule has 2 rings (SSSR count). The van der Waals surface area contributed by atoms with Gasteiger partial charge in [-0.3, -0.25) is 4.79 Å².